The van der Waals surface area contributed by atoms with Crippen LogP contribution in [0.25, 0.3) is 10.2 Å². The number of fused-ring (bicyclic) bond motifs is 1. The Morgan fingerprint density at radius 1 is 1.17 bits per heavy atom. The first-order valence-electron chi connectivity index (χ1n) is 6.50. The quantitative estimate of drug-likeness (QED) is 0.651. The second kappa shape index (κ2) is 5.41. The molecule has 1 N–H and O–H groups in total. The number of aromatic nitrogens is 2. The fraction of sp³-hybridized carbons (Fsp3) is 0.538. The number of nitrogens with zero attached hydrogens (tertiary/aromatic N) is 2. The first-order chi connectivity index (χ1) is 8.83. The zero-order valence-electron chi connectivity index (χ0n) is 10.2. The Hall–Kier alpha value is -0.870. The van der Waals surface area contributed by atoms with Gasteiger partial charge in [0, 0.05) is 11.4 Å². The minimum atomic E-state index is 0.501. The van der Waals surface area contributed by atoms with E-state index >= 15 is 0 Å². The highest BCUT2D eigenvalue weighted by Crippen LogP contribution is 2.27. The molecule has 2 aromatic rings. The summed E-state index contributed by atoms with van der Waals surface area (Å²) in [6.07, 6.45) is 7.72. The Kier molecular flexibility index (Phi) is 3.66. The van der Waals surface area contributed by atoms with E-state index in [1.807, 2.05) is 11.4 Å². The maximum atomic E-state index is 6.17. The van der Waals surface area contributed by atoms with E-state index in [1.165, 1.54) is 38.5 Å². The standard InChI is InChI=1S/C13H16ClN3S/c14-11-10-7-8-18-12(10)17-13(16-11)15-9-5-3-1-2-4-6-9/h7-9H,1-6H2,(H,15,16,17). The van der Waals surface area contributed by atoms with E-state index in [0.29, 0.717) is 17.1 Å². The van der Waals surface area contributed by atoms with Gasteiger partial charge in [-0.1, -0.05) is 37.3 Å². The highest BCUT2D eigenvalue weighted by molar-refractivity contribution is 7.16. The third-order valence-electron chi connectivity index (χ3n) is 3.47. The molecule has 1 aliphatic carbocycles. The summed E-state index contributed by atoms with van der Waals surface area (Å²) in [4.78, 5) is 9.84. The normalized spacial score (nSPS) is 17.8. The maximum absolute atomic E-state index is 6.17. The van der Waals surface area contributed by atoms with Gasteiger partial charge in [0.15, 0.2) is 0 Å². The number of hydrogen-bond acceptors (Lipinski definition) is 4. The van der Waals surface area contributed by atoms with E-state index in [9.17, 15) is 0 Å². The van der Waals surface area contributed by atoms with Gasteiger partial charge in [0.25, 0.3) is 0 Å². The van der Waals surface area contributed by atoms with Crippen molar-refractivity contribution in [2.24, 2.45) is 0 Å². The molecule has 0 spiro atoms. The number of thiophene rings is 1. The van der Waals surface area contributed by atoms with E-state index in [0.717, 1.165) is 10.2 Å². The van der Waals surface area contributed by atoms with Gasteiger partial charge in [-0.05, 0) is 24.3 Å². The summed E-state index contributed by atoms with van der Waals surface area (Å²) in [5.41, 5.74) is 0. The van der Waals surface area contributed by atoms with E-state index in [-0.39, 0.29) is 0 Å². The zero-order valence-corrected chi connectivity index (χ0v) is 11.7. The van der Waals surface area contributed by atoms with Crippen molar-refractivity contribution in [2.45, 2.75) is 44.6 Å². The van der Waals surface area contributed by atoms with Crippen molar-refractivity contribution in [1.29, 1.82) is 0 Å². The molecular formula is C13H16ClN3S. The highest BCUT2D eigenvalue weighted by atomic mass is 35.5. The summed E-state index contributed by atoms with van der Waals surface area (Å²) in [6, 6.07) is 2.47. The van der Waals surface area contributed by atoms with Crippen molar-refractivity contribution >= 4 is 39.1 Å². The lowest BCUT2D eigenvalue weighted by molar-refractivity contribution is 0.615. The molecular weight excluding hydrogens is 266 g/mol. The topological polar surface area (TPSA) is 37.8 Å². The van der Waals surface area contributed by atoms with Crippen LogP contribution in [-0.2, 0) is 0 Å². The highest BCUT2D eigenvalue weighted by Gasteiger charge is 2.14. The first-order valence-corrected chi connectivity index (χ1v) is 7.76. The van der Waals surface area contributed by atoms with Crippen LogP contribution >= 0.6 is 22.9 Å². The average Bonchev–Trinajstić information content (AvgIpc) is 2.68. The van der Waals surface area contributed by atoms with Crippen molar-refractivity contribution in [1.82, 2.24) is 9.97 Å². The van der Waals surface area contributed by atoms with Crippen molar-refractivity contribution in [3.8, 4) is 0 Å². The predicted octanol–water partition coefficient (Wildman–Crippen LogP) is 4.48. The third kappa shape index (κ3) is 2.59. The Labute approximate surface area is 116 Å². The largest absolute Gasteiger partial charge is 0.351 e. The second-order valence-corrected chi connectivity index (χ2v) is 6.06. The summed E-state index contributed by atoms with van der Waals surface area (Å²) in [5.74, 6) is 0.682. The maximum Gasteiger partial charge on any atom is 0.225 e. The smallest absolute Gasteiger partial charge is 0.225 e. The van der Waals surface area contributed by atoms with Crippen LogP contribution in [-0.4, -0.2) is 16.0 Å². The van der Waals surface area contributed by atoms with Crippen LogP contribution in [0.1, 0.15) is 38.5 Å². The van der Waals surface area contributed by atoms with Gasteiger partial charge in [0.05, 0.1) is 0 Å². The van der Waals surface area contributed by atoms with Gasteiger partial charge in [-0.2, -0.15) is 0 Å². The van der Waals surface area contributed by atoms with Gasteiger partial charge in [-0.25, -0.2) is 9.97 Å². The summed E-state index contributed by atoms with van der Waals surface area (Å²) in [7, 11) is 0. The molecule has 96 valence electrons. The lowest BCUT2D eigenvalue weighted by Crippen LogP contribution is -2.19. The predicted molar refractivity (Wildman–Crippen MR) is 77.5 cm³/mol. The summed E-state index contributed by atoms with van der Waals surface area (Å²) >= 11 is 7.78. The Bertz CT molecular complexity index is 532. The zero-order chi connectivity index (χ0) is 12.4. The molecule has 0 amide bonds. The Balaban J connectivity index is 1.80. The van der Waals surface area contributed by atoms with Gasteiger partial charge >= 0.3 is 0 Å². The first kappa shape index (κ1) is 12.2. The van der Waals surface area contributed by atoms with Crippen LogP contribution in [0.4, 0.5) is 5.95 Å². The third-order valence-corrected chi connectivity index (χ3v) is 4.56. The molecule has 2 aromatic heterocycles. The Morgan fingerprint density at radius 2 is 1.94 bits per heavy atom. The number of nitrogens with one attached hydrogen (secondary N) is 1. The van der Waals surface area contributed by atoms with E-state index in [4.69, 9.17) is 11.6 Å². The van der Waals surface area contributed by atoms with E-state index in [1.54, 1.807) is 11.3 Å². The lowest BCUT2D eigenvalue weighted by Gasteiger charge is -2.16. The van der Waals surface area contributed by atoms with Crippen molar-refractivity contribution in [3.05, 3.63) is 16.6 Å². The van der Waals surface area contributed by atoms with Gasteiger partial charge < -0.3 is 5.32 Å². The SMILES string of the molecule is Clc1nc(NC2CCCCCC2)nc2sccc12. The number of anilines is 1. The van der Waals surface area contributed by atoms with Crippen molar-refractivity contribution < 1.29 is 0 Å². The van der Waals surface area contributed by atoms with Crippen molar-refractivity contribution in [2.75, 3.05) is 5.32 Å². The van der Waals surface area contributed by atoms with E-state index < -0.39 is 0 Å². The molecule has 5 heteroatoms. The molecule has 18 heavy (non-hydrogen) atoms. The molecule has 1 aliphatic rings. The van der Waals surface area contributed by atoms with Gasteiger partial charge in [0.2, 0.25) is 5.95 Å². The van der Waals surface area contributed by atoms with E-state index in [2.05, 4.69) is 15.3 Å². The molecule has 0 saturated heterocycles. The average molecular weight is 282 g/mol. The molecule has 0 radical (unpaired) electrons. The summed E-state index contributed by atoms with van der Waals surface area (Å²) in [5, 5.41) is 6.95. The van der Waals surface area contributed by atoms with Crippen LogP contribution in [0.2, 0.25) is 5.15 Å². The molecule has 2 heterocycles. The van der Waals surface area contributed by atoms with Crippen LogP contribution in [0.5, 0.6) is 0 Å². The van der Waals surface area contributed by atoms with Gasteiger partial charge in [-0.3, -0.25) is 0 Å². The molecule has 0 bridgehead atoms. The summed E-state index contributed by atoms with van der Waals surface area (Å²) < 4.78 is 0. The fourth-order valence-corrected chi connectivity index (χ4v) is 3.54. The van der Waals surface area contributed by atoms with Crippen LogP contribution < -0.4 is 5.32 Å². The van der Waals surface area contributed by atoms with Crippen LogP contribution in [0.15, 0.2) is 11.4 Å². The molecule has 1 fully saturated rings. The van der Waals surface area contributed by atoms with Crippen LogP contribution in [0.3, 0.4) is 0 Å². The molecule has 0 aliphatic heterocycles. The number of halogens is 1. The molecule has 0 aromatic carbocycles. The molecule has 3 rings (SSSR count). The summed E-state index contributed by atoms with van der Waals surface area (Å²) in [6.45, 7) is 0. The fourth-order valence-electron chi connectivity index (χ4n) is 2.49. The van der Waals surface area contributed by atoms with Crippen molar-refractivity contribution in [3.63, 3.8) is 0 Å². The molecule has 3 nitrogen and oxygen atoms in total. The minimum Gasteiger partial charge on any atom is -0.351 e. The van der Waals surface area contributed by atoms with Gasteiger partial charge in [0.1, 0.15) is 9.98 Å². The molecule has 1 saturated carbocycles. The number of hydrogen-bond donors (Lipinski definition) is 1. The van der Waals surface area contributed by atoms with Crippen LogP contribution in [0, 0.1) is 0 Å². The van der Waals surface area contributed by atoms with Gasteiger partial charge in [-0.15, -0.1) is 11.3 Å². The Morgan fingerprint density at radius 3 is 2.72 bits per heavy atom. The lowest BCUT2D eigenvalue weighted by atomic mass is 10.1. The number of rotatable bonds is 2. The molecule has 0 unspecified atom stereocenters. The molecule has 0 atom stereocenters. The minimum absolute atomic E-state index is 0.501. The monoisotopic (exact) mass is 281 g/mol. The second-order valence-electron chi connectivity index (χ2n) is 4.81.